The zero-order valence-corrected chi connectivity index (χ0v) is 9.71. The minimum atomic E-state index is 1.00. The summed E-state index contributed by atoms with van der Waals surface area (Å²) in [6.07, 6.45) is 11.5. The number of hydrogen-bond donors (Lipinski definition) is 1. The van der Waals surface area contributed by atoms with E-state index in [0.717, 1.165) is 13.0 Å². The highest BCUT2D eigenvalue weighted by atomic mass is 16.2. The third kappa shape index (κ3) is 9.62. The zero-order valence-electron chi connectivity index (χ0n) is 9.71. The molecule has 1 aliphatic carbocycles. The van der Waals surface area contributed by atoms with Gasteiger partial charge in [-0.15, -0.1) is 0 Å². The van der Waals surface area contributed by atoms with E-state index in [-0.39, 0.29) is 0 Å². The van der Waals surface area contributed by atoms with E-state index in [0.29, 0.717) is 0 Å². The first kappa shape index (κ1) is 15.2. The van der Waals surface area contributed by atoms with Crippen LogP contribution in [-0.2, 0) is 0 Å². The molecule has 0 aromatic carbocycles. The molecule has 1 nitrogen and oxygen atoms in total. The fourth-order valence-corrected chi connectivity index (χ4v) is 1.53. The van der Waals surface area contributed by atoms with Gasteiger partial charge in [0.1, 0.15) is 0 Å². The molecule has 0 spiro atoms. The number of allylic oxidation sites excluding steroid dienone is 2. The molecule has 0 amide bonds. The summed E-state index contributed by atoms with van der Waals surface area (Å²) in [6.45, 7) is 6.28. The van der Waals surface area contributed by atoms with Gasteiger partial charge in [-0.2, -0.15) is 0 Å². The standard InChI is InChI=1S/C9H16.C2H6.CH4O/c1-2-6-9-7-4-3-5-8-9;2*1-2/h3-4,9H,2,5-8H2,1H3;1-2H3;2H,1H3. The summed E-state index contributed by atoms with van der Waals surface area (Å²) in [6, 6.07) is 0. The molecule has 1 N–H and O–H groups in total. The Morgan fingerprint density at radius 2 is 1.85 bits per heavy atom. The first-order valence-electron chi connectivity index (χ1n) is 5.53. The molecule has 0 heterocycles. The van der Waals surface area contributed by atoms with Gasteiger partial charge in [0.25, 0.3) is 0 Å². The highest BCUT2D eigenvalue weighted by Gasteiger charge is 2.06. The Labute approximate surface area is 83.9 Å². The molecule has 1 unspecified atom stereocenters. The van der Waals surface area contributed by atoms with E-state index in [1.807, 2.05) is 13.8 Å². The minimum Gasteiger partial charge on any atom is -0.400 e. The molecule has 0 aromatic rings. The van der Waals surface area contributed by atoms with Gasteiger partial charge in [0.15, 0.2) is 0 Å². The second-order valence-electron chi connectivity index (χ2n) is 2.94. The Hall–Kier alpha value is -0.300. The summed E-state index contributed by atoms with van der Waals surface area (Å²) in [5, 5.41) is 7.00. The zero-order chi connectivity index (χ0) is 10.5. The molecular formula is C12H26O. The molecule has 0 aromatic heterocycles. The fourth-order valence-electron chi connectivity index (χ4n) is 1.53. The van der Waals surface area contributed by atoms with Crippen LogP contribution in [0, 0.1) is 5.92 Å². The molecule has 1 aliphatic rings. The van der Waals surface area contributed by atoms with E-state index in [9.17, 15) is 0 Å². The number of aliphatic hydroxyl groups excluding tert-OH is 1. The Bertz CT molecular complexity index is 97.3. The Balaban J connectivity index is 0. The largest absolute Gasteiger partial charge is 0.400 e. The van der Waals surface area contributed by atoms with Crippen LogP contribution in [0.3, 0.4) is 0 Å². The van der Waals surface area contributed by atoms with Gasteiger partial charge in [0, 0.05) is 7.11 Å². The fraction of sp³-hybridized carbons (Fsp3) is 0.833. The monoisotopic (exact) mass is 186 g/mol. The van der Waals surface area contributed by atoms with Gasteiger partial charge in [-0.25, -0.2) is 0 Å². The summed E-state index contributed by atoms with van der Waals surface area (Å²) in [5.74, 6) is 1.01. The van der Waals surface area contributed by atoms with Gasteiger partial charge in [0.2, 0.25) is 0 Å². The van der Waals surface area contributed by atoms with Crippen molar-refractivity contribution in [2.45, 2.75) is 52.9 Å². The Kier molecular flexibility index (Phi) is 16.6. The highest BCUT2D eigenvalue weighted by molar-refractivity contribution is 4.89. The summed E-state index contributed by atoms with van der Waals surface area (Å²) >= 11 is 0. The van der Waals surface area contributed by atoms with Crippen molar-refractivity contribution >= 4 is 0 Å². The summed E-state index contributed by atoms with van der Waals surface area (Å²) < 4.78 is 0. The molecule has 13 heavy (non-hydrogen) atoms. The predicted octanol–water partition coefficient (Wildman–Crippen LogP) is 3.78. The van der Waals surface area contributed by atoms with Crippen LogP contribution >= 0.6 is 0 Å². The third-order valence-corrected chi connectivity index (χ3v) is 2.07. The van der Waals surface area contributed by atoms with Crippen LogP contribution in [0.5, 0.6) is 0 Å². The molecule has 1 rings (SSSR count). The first-order valence-corrected chi connectivity index (χ1v) is 5.53. The average Bonchev–Trinajstić information content (AvgIpc) is 2.26. The van der Waals surface area contributed by atoms with Crippen LogP contribution in [0.4, 0.5) is 0 Å². The second kappa shape index (κ2) is 14.2. The van der Waals surface area contributed by atoms with Crippen molar-refractivity contribution in [3.8, 4) is 0 Å². The highest BCUT2D eigenvalue weighted by Crippen LogP contribution is 2.22. The quantitative estimate of drug-likeness (QED) is 0.651. The second-order valence-corrected chi connectivity index (χ2v) is 2.94. The van der Waals surface area contributed by atoms with E-state index < -0.39 is 0 Å². The lowest BCUT2D eigenvalue weighted by molar-refractivity contribution is 0.399. The molecule has 80 valence electrons. The van der Waals surface area contributed by atoms with Crippen LogP contribution in [0.2, 0.25) is 0 Å². The first-order chi connectivity index (χ1) is 6.43. The molecule has 0 aliphatic heterocycles. The summed E-state index contributed by atoms with van der Waals surface area (Å²) in [4.78, 5) is 0. The number of hydrogen-bond acceptors (Lipinski definition) is 1. The van der Waals surface area contributed by atoms with Crippen molar-refractivity contribution in [3.05, 3.63) is 12.2 Å². The van der Waals surface area contributed by atoms with E-state index in [4.69, 9.17) is 5.11 Å². The van der Waals surface area contributed by atoms with E-state index in [1.165, 1.54) is 32.1 Å². The van der Waals surface area contributed by atoms with E-state index >= 15 is 0 Å². The van der Waals surface area contributed by atoms with Crippen molar-refractivity contribution in [3.63, 3.8) is 0 Å². The van der Waals surface area contributed by atoms with Gasteiger partial charge in [-0.1, -0.05) is 45.8 Å². The van der Waals surface area contributed by atoms with Gasteiger partial charge < -0.3 is 5.11 Å². The smallest absolute Gasteiger partial charge is 0.0319 e. The Morgan fingerprint density at radius 1 is 1.23 bits per heavy atom. The summed E-state index contributed by atoms with van der Waals surface area (Å²) in [5.41, 5.74) is 0. The van der Waals surface area contributed by atoms with Crippen LogP contribution < -0.4 is 0 Å². The topological polar surface area (TPSA) is 20.2 Å². The minimum absolute atomic E-state index is 1.00. The van der Waals surface area contributed by atoms with Gasteiger partial charge >= 0.3 is 0 Å². The van der Waals surface area contributed by atoms with Gasteiger partial charge in [-0.05, 0) is 25.2 Å². The van der Waals surface area contributed by atoms with Crippen molar-refractivity contribution < 1.29 is 5.11 Å². The molecule has 0 radical (unpaired) electrons. The van der Waals surface area contributed by atoms with Crippen LogP contribution in [0.25, 0.3) is 0 Å². The van der Waals surface area contributed by atoms with Crippen molar-refractivity contribution in [1.82, 2.24) is 0 Å². The molecule has 0 saturated heterocycles. The van der Waals surface area contributed by atoms with Crippen LogP contribution in [-0.4, -0.2) is 12.2 Å². The molecule has 0 bridgehead atoms. The maximum absolute atomic E-state index is 7.00. The molecule has 1 heteroatoms. The van der Waals surface area contributed by atoms with Crippen LogP contribution in [0.15, 0.2) is 12.2 Å². The van der Waals surface area contributed by atoms with Crippen LogP contribution in [0.1, 0.15) is 52.9 Å². The Morgan fingerprint density at radius 3 is 2.23 bits per heavy atom. The number of aliphatic hydroxyl groups is 1. The summed E-state index contributed by atoms with van der Waals surface area (Å²) in [7, 11) is 1.00. The maximum Gasteiger partial charge on any atom is 0.0319 e. The van der Waals surface area contributed by atoms with Crippen molar-refractivity contribution in [1.29, 1.82) is 0 Å². The van der Waals surface area contributed by atoms with Crippen molar-refractivity contribution in [2.75, 3.05) is 7.11 Å². The average molecular weight is 186 g/mol. The van der Waals surface area contributed by atoms with Crippen molar-refractivity contribution in [2.24, 2.45) is 5.92 Å². The van der Waals surface area contributed by atoms with E-state index in [1.54, 1.807) is 0 Å². The molecule has 0 fully saturated rings. The normalized spacial score (nSPS) is 19.3. The SMILES string of the molecule is CC.CCCC1CC=CCC1.CO. The lowest BCUT2D eigenvalue weighted by Gasteiger charge is -2.15. The lowest BCUT2D eigenvalue weighted by Crippen LogP contribution is -2.00. The van der Waals surface area contributed by atoms with Gasteiger partial charge in [-0.3, -0.25) is 0 Å². The lowest BCUT2D eigenvalue weighted by atomic mass is 9.91. The van der Waals surface area contributed by atoms with Gasteiger partial charge in [0.05, 0.1) is 0 Å². The van der Waals surface area contributed by atoms with E-state index in [2.05, 4.69) is 19.1 Å². The predicted molar refractivity (Wildman–Crippen MR) is 60.9 cm³/mol. The molecule has 0 saturated carbocycles. The maximum atomic E-state index is 7.00. The molecular weight excluding hydrogens is 160 g/mol. The third-order valence-electron chi connectivity index (χ3n) is 2.07. The number of rotatable bonds is 2. The molecule has 1 atom stereocenters.